The van der Waals surface area contributed by atoms with Crippen molar-refractivity contribution in [2.45, 2.75) is 51.4 Å². The quantitative estimate of drug-likeness (QED) is 0.890. The number of nitrogen functional groups attached to an aromatic ring is 1. The fourth-order valence-corrected chi connectivity index (χ4v) is 3.43. The summed E-state index contributed by atoms with van der Waals surface area (Å²) in [5.41, 5.74) is 9.52. The summed E-state index contributed by atoms with van der Waals surface area (Å²) in [6.45, 7) is 0.970. The zero-order valence-electron chi connectivity index (χ0n) is 12.5. The third kappa shape index (κ3) is 2.16. The van der Waals surface area contributed by atoms with E-state index in [-0.39, 0.29) is 11.9 Å². The molecule has 22 heavy (non-hydrogen) atoms. The number of anilines is 1. The van der Waals surface area contributed by atoms with Gasteiger partial charge in [-0.25, -0.2) is 4.98 Å². The smallest absolute Gasteiger partial charge is 0.172 e. The molecule has 0 saturated heterocycles. The van der Waals surface area contributed by atoms with Crippen LogP contribution in [0.3, 0.4) is 0 Å². The van der Waals surface area contributed by atoms with Crippen LogP contribution in [0.25, 0.3) is 10.9 Å². The van der Waals surface area contributed by atoms with Gasteiger partial charge in [0, 0.05) is 5.56 Å². The van der Waals surface area contributed by atoms with Crippen molar-refractivity contribution in [1.29, 1.82) is 0 Å². The number of fused-ring (bicyclic) bond motifs is 2. The first-order valence-electron chi connectivity index (χ1n) is 7.91. The minimum Gasteiger partial charge on any atom is -0.504 e. The highest BCUT2D eigenvalue weighted by Gasteiger charge is 2.24. The van der Waals surface area contributed by atoms with Crippen molar-refractivity contribution in [3.8, 4) is 11.5 Å². The summed E-state index contributed by atoms with van der Waals surface area (Å²) in [4.78, 5) is 4.62. The van der Waals surface area contributed by atoms with Crippen molar-refractivity contribution < 1.29 is 14.6 Å². The molecule has 116 valence electrons. The summed E-state index contributed by atoms with van der Waals surface area (Å²) in [5.74, 6) is 0.606. The van der Waals surface area contributed by atoms with E-state index in [1.807, 2.05) is 0 Å². The summed E-state index contributed by atoms with van der Waals surface area (Å²) in [6.07, 6.45) is 5.80. The van der Waals surface area contributed by atoms with Crippen molar-refractivity contribution >= 4 is 16.6 Å². The van der Waals surface area contributed by atoms with E-state index in [9.17, 15) is 5.11 Å². The van der Waals surface area contributed by atoms with Gasteiger partial charge in [-0.3, -0.25) is 0 Å². The van der Waals surface area contributed by atoms with E-state index in [4.69, 9.17) is 15.2 Å². The Bertz CT molecular complexity index is 724. The van der Waals surface area contributed by atoms with Crippen molar-refractivity contribution in [1.82, 2.24) is 4.98 Å². The normalized spacial score (nSPS) is 18.5. The Hall–Kier alpha value is -2.01. The SMILES string of the molecule is Nc1c2c(nc3ccc(O)c(OC4CCCCC4)c13)COC2. The van der Waals surface area contributed by atoms with Crippen molar-refractivity contribution in [3.63, 3.8) is 0 Å². The van der Waals surface area contributed by atoms with Crippen LogP contribution in [-0.2, 0) is 18.0 Å². The maximum atomic E-state index is 10.3. The molecular formula is C17H20N2O3. The van der Waals surface area contributed by atoms with Gasteiger partial charge in [-0.05, 0) is 37.8 Å². The molecule has 5 nitrogen and oxygen atoms in total. The number of hydrogen-bond acceptors (Lipinski definition) is 5. The second-order valence-corrected chi connectivity index (χ2v) is 6.13. The maximum Gasteiger partial charge on any atom is 0.172 e. The third-order valence-corrected chi connectivity index (χ3v) is 4.64. The topological polar surface area (TPSA) is 77.6 Å². The number of rotatable bonds is 2. The molecule has 0 spiro atoms. The molecule has 2 heterocycles. The molecule has 0 bridgehead atoms. The van der Waals surface area contributed by atoms with Crippen LogP contribution in [-0.4, -0.2) is 16.2 Å². The molecule has 1 aromatic heterocycles. The number of nitrogens with two attached hydrogens (primary N) is 1. The minimum absolute atomic E-state index is 0.130. The molecule has 4 rings (SSSR count). The minimum atomic E-state index is 0.130. The van der Waals surface area contributed by atoms with Crippen LogP contribution in [0.15, 0.2) is 12.1 Å². The maximum absolute atomic E-state index is 10.3. The van der Waals surface area contributed by atoms with Gasteiger partial charge in [0.2, 0.25) is 0 Å². The van der Waals surface area contributed by atoms with Gasteiger partial charge in [0.05, 0.1) is 41.6 Å². The number of phenolic OH excluding ortho intramolecular Hbond substituents is 1. The lowest BCUT2D eigenvalue weighted by atomic mass is 9.97. The van der Waals surface area contributed by atoms with E-state index in [0.717, 1.165) is 35.0 Å². The number of aromatic nitrogens is 1. The molecule has 0 atom stereocenters. The Balaban J connectivity index is 1.83. The van der Waals surface area contributed by atoms with Crippen molar-refractivity contribution in [3.05, 3.63) is 23.4 Å². The average molecular weight is 300 g/mol. The number of phenols is 1. The van der Waals surface area contributed by atoms with Crippen LogP contribution in [0, 0.1) is 0 Å². The first-order chi connectivity index (χ1) is 10.7. The summed E-state index contributed by atoms with van der Waals surface area (Å²) < 4.78 is 11.6. The monoisotopic (exact) mass is 300 g/mol. The lowest BCUT2D eigenvalue weighted by molar-refractivity contribution is 0.133. The fourth-order valence-electron chi connectivity index (χ4n) is 3.43. The Kier molecular flexibility index (Phi) is 3.30. The summed E-state index contributed by atoms with van der Waals surface area (Å²) in [5, 5.41) is 11.0. The van der Waals surface area contributed by atoms with E-state index in [1.165, 1.54) is 19.3 Å². The van der Waals surface area contributed by atoms with Crippen LogP contribution in [0.2, 0.25) is 0 Å². The van der Waals surface area contributed by atoms with Gasteiger partial charge in [0.1, 0.15) is 0 Å². The lowest BCUT2D eigenvalue weighted by Crippen LogP contribution is -2.20. The van der Waals surface area contributed by atoms with E-state index >= 15 is 0 Å². The molecule has 0 amide bonds. The predicted octanol–water partition coefficient (Wildman–Crippen LogP) is 3.26. The van der Waals surface area contributed by atoms with Gasteiger partial charge in [-0.2, -0.15) is 0 Å². The Morgan fingerprint density at radius 2 is 2.00 bits per heavy atom. The number of benzene rings is 1. The molecule has 1 aliphatic carbocycles. The molecule has 0 radical (unpaired) electrons. The Labute approximate surface area is 129 Å². The molecular weight excluding hydrogens is 280 g/mol. The molecule has 2 aromatic rings. The Morgan fingerprint density at radius 1 is 1.18 bits per heavy atom. The second kappa shape index (κ2) is 5.32. The molecule has 2 aliphatic rings. The van der Waals surface area contributed by atoms with Gasteiger partial charge >= 0.3 is 0 Å². The van der Waals surface area contributed by atoms with Crippen molar-refractivity contribution in [2.24, 2.45) is 0 Å². The first kappa shape index (κ1) is 13.6. The second-order valence-electron chi connectivity index (χ2n) is 6.13. The van der Waals surface area contributed by atoms with Gasteiger partial charge < -0.3 is 20.3 Å². The summed E-state index contributed by atoms with van der Waals surface area (Å²) in [7, 11) is 0. The highest BCUT2D eigenvalue weighted by Crippen LogP contribution is 2.42. The molecule has 1 fully saturated rings. The molecule has 5 heteroatoms. The zero-order chi connectivity index (χ0) is 15.1. The van der Waals surface area contributed by atoms with Crippen LogP contribution in [0.4, 0.5) is 5.69 Å². The van der Waals surface area contributed by atoms with Gasteiger partial charge in [-0.1, -0.05) is 6.42 Å². The fraction of sp³-hybridized carbons (Fsp3) is 0.471. The van der Waals surface area contributed by atoms with Crippen LogP contribution >= 0.6 is 0 Å². The van der Waals surface area contributed by atoms with E-state index in [0.29, 0.717) is 24.7 Å². The summed E-state index contributed by atoms with van der Waals surface area (Å²) in [6, 6.07) is 3.42. The number of hydrogen-bond donors (Lipinski definition) is 2. The molecule has 3 N–H and O–H groups in total. The average Bonchev–Trinajstić information content (AvgIpc) is 3.00. The highest BCUT2D eigenvalue weighted by atomic mass is 16.5. The predicted molar refractivity (Wildman–Crippen MR) is 83.8 cm³/mol. The van der Waals surface area contributed by atoms with E-state index in [1.54, 1.807) is 12.1 Å². The van der Waals surface area contributed by atoms with Crippen LogP contribution in [0.1, 0.15) is 43.4 Å². The number of aromatic hydroxyl groups is 1. The van der Waals surface area contributed by atoms with Crippen LogP contribution < -0.4 is 10.5 Å². The molecule has 1 saturated carbocycles. The van der Waals surface area contributed by atoms with E-state index < -0.39 is 0 Å². The number of ether oxygens (including phenoxy) is 2. The van der Waals surface area contributed by atoms with Gasteiger partial charge in [0.25, 0.3) is 0 Å². The Morgan fingerprint density at radius 3 is 2.82 bits per heavy atom. The molecule has 0 unspecified atom stereocenters. The zero-order valence-corrected chi connectivity index (χ0v) is 12.5. The largest absolute Gasteiger partial charge is 0.504 e. The molecule has 1 aliphatic heterocycles. The van der Waals surface area contributed by atoms with Crippen LogP contribution in [0.5, 0.6) is 11.5 Å². The lowest BCUT2D eigenvalue weighted by Gasteiger charge is -2.24. The number of nitrogens with zero attached hydrogens (tertiary/aromatic N) is 1. The highest BCUT2D eigenvalue weighted by molar-refractivity contribution is 5.99. The first-order valence-corrected chi connectivity index (χ1v) is 7.91. The van der Waals surface area contributed by atoms with Gasteiger partial charge in [-0.15, -0.1) is 0 Å². The standard InChI is InChI=1S/C17H20N2O3/c18-16-11-8-21-9-13(11)19-12-6-7-14(20)17(15(12)16)22-10-4-2-1-3-5-10/h6-7,10,20H,1-5,8-9H2,(H2,18,19). The third-order valence-electron chi connectivity index (χ3n) is 4.64. The van der Waals surface area contributed by atoms with Crippen molar-refractivity contribution in [2.75, 3.05) is 5.73 Å². The van der Waals surface area contributed by atoms with Gasteiger partial charge in [0.15, 0.2) is 11.5 Å². The number of pyridine rings is 1. The summed E-state index contributed by atoms with van der Waals surface area (Å²) >= 11 is 0. The molecule has 1 aromatic carbocycles. The van der Waals surface area contributed by atoms with E-state index in [2.05, 4.69) is 4.98 Å².